The van der Waals surface area contributed by atoms with Gasteiger partial charge in [0.25, 0.3) is 0 Å². The first kappa shape index (κ1) is 28.2. The van der Waals surface area contributed by atoms with Gasteiger partial charge in [-0.05, 0) is 93.0 Å². The van der Waals surface area contributed by atoms with Crippen LogP contribution >= 0.6 is 0 Å². The quantitative estimate of drug-likeness (QED) is 0.186. The highest BCUT2D eigenvalue weighted by atomic mass is 16.5. The fraction of sp³-hybridized carbons (Fsp3) is 0.0204. The van der Waals surface area contributed by atoms with Gasteiger partial charge in [-0.15, -0.1) is 0 Å². The van der Waals surface area contributed by atoms with E-state index < -0.39 is 5.41 Å². The standard InChI is InChI=1S/C49H31NO/c1-3-15-32(16-4-1)34-27-35(33-17-5-2-6-18-33)29-36(28-34)50-45-24-12-8-20-38(45)40-30-44-39(31-46(40)50)37-19-7-9-21-41(37)49(44)42-22-10-13-25-47(42)51-48-26-14-11-23-43(48)49/h1-31H. The van der Waals surface area contributed by atoms with E-state index >= 15 is 0 Å². The molecule has 51 heavy (non-hydrogen) atoms. The van der Waals surface area contributed by atoms with E-state index in [1.54, 1.807) is 0 Å². The zero-order valence-electron chi connectivity index (χ0n) is 27.8. The molecule has 0 amide bonds. The molecule has 0 atom stereocenters. The van der Waals surface area contributed by atoms with E-state index in [0.29, 0.717) is 0 Å². The summed E-state index contributed by atoms with van der Waals surface area (Å²) in [6.45, 7) is 0. The van der Waals surface area contributed by atoms with Crippen LogP contribution < -0.4 is 4.74 Å². The van der Waals surface area contributed by atoms with Gasteiger partial charge in [-0.3, -0.25) is 0 Å². The Hall–Kier alpha value is -6.64. The van der Waals surface area contributed by atoms with Crippen molar-refractivity contribution in [3.8, 4) is 50.6 Å². The lowest BCUT2D eigenvalue weighted by Crippen LogP contribution is -2.32. The van der Waals surface area contributed by atoms with Gasteiger partial charge in [-0.1, -0.05) is 140 Å². The number of para-hydroxylation sites is 3. The summed E-state index contributed by atoms with van der Waals surface area (Å²) in [7, 11) is 0. The van der Waals surface area contributed by atoms with E-state index in [0.717, 1.165) is 17.2 Å². The van der Waals surface area contributed by atoms with Crippen molar-refractivity contribution in [1.82, 2.24) is 4.57 Å². The van der Waals surface area contributed by atoms with Crippen LogP contribution in [0.4, 0.5) is 0 Å². The van der Waals surface area contributed by atoms with E-state index in [4.69, 9.17) is 4.74 Å². The van der Waals surface area contributed by atoms with Gasteiger partial charge in [-0.2, -0.15) is 0 Å². The molecule has 0 saturated carbocycles. The number of hydrogen-bond donors (Lipinski definition) is 0. The third kappa shape index (κ3) is 3.93. The SMILES string of the molecule is c1ccc(-c2cc(-c3ccccc3)cc(-n3c4ccccc4c4cc5c(cc43)-c3ccccc3C53c4ccccc4Oc4ccccc43)c2)cc1. The second kappa shape index (κ2) is 10.7. The molecular weight excluding hydrogens is 619 g/mol. The molecule has 238 valence electrons. The second-order valence-electron chi connectivity index (χ2n) is 13.7. The molecule has 2 heterocycles. The fourth-order valence-electron chi connectivity index (χ4n) is 8.93. The number of aromatic nitrogens is 1. The first-order chi connectivity index (χ1) is 25.3. The molecule has 0 bridgehead atoms. The molecule has 11 rings (SSSR count). The van der Waals surface area contributed by atoms with Crippen LogP contribution in [0.3, 0.4) is 0 Å². The Morgan fingerprint density at radius 1 is 0.353 bits per heavy atom. The average molecular weight is 650 g/mol. The second-order valence-corrected chi connectivity index (χ2v) is 13.7. The van der Waals surface area contributed by atoms with Crippen LogP contribution in [-0.2, 0) is 5.41 Å². The van der Waals surface area contributed by atoms with Gasteiger partial charge in [0.05, 0.1) is 16.4 Å². The minimum atomic E-state index is -0.511. The van der Waals surface area contributed by atoms with Gasteiger partial charge in [-0.25, -0.2) is 0 Å². The molecule has 0 saturated heterocycles. The molecule has 2 heteroatoms. The molecule has 2 nitrogen and oxygen atoms in total. The molecule has 1 spiro atoms. The Labute approximate surface area is 296 Å². The van der Waals surface area contributed by atoms with Gasteiger partial charge in [0.15, 0.2) is 0 Å². The minimum absolute atomic E-state index is 0.511. The first-order valence-electron chi connectivity index (χ1n) is 17.6. The summed E-state index contributed by atoms with van der Waals surface area (Å²) >= 11 is 0. The van der Waals surface area contributed by atoms with Crippen molar-refractivity contribution in [1.29, 1.82) is 0 Å². The zero-order valence-corrected chi connectivity index (χ0v) is 27.8. The summed E-state index contributed by atoms with van der Waals surface area (Å²) in [5.74, 6) is 1.82. The average Bonchev–Trinajstić information content (AvgIpc) is 3.68. The third-order valence-corrected chi connectivity index (χ3v) is 11.0. The van der Waals surface area contributed by atoms with Crippen molar-refractivity contribution in [2.75, 3.05) is 0 Å². The van der Waals surface area contributed by atoms with E-state index in [9.17, 15) is 0 Å². The largest absolute Gasteiger partial charge is 0.457 e. The van der Waals surface area contributed by atoms with Crippen LogP contribution in [0.15, 0.2) is 188 Å². The molecule has 0 radical (unpaired) electrons. The van der Waals surface area contributed by atoms with Gasteiger partial charge >= 0.3 is 0 Å². The molecule has 1 aliphatic carbocycles. The van der Waals surface area contributed by atoms with E-state index in [1.165, 1.54) is 77.4 Å². The number of ether oxygens (including phenoxy) is 1. The maximum absolute atomic E-state index is 6.61. The van der Waals surface area contributed by atoms with Gasteiger partial charge < -0.3 is 9.30 Å². The van der Waals surface area contributed by atoms with Crippen molar-refractivity contribution in [2.24, 2.45) is 0 Å². The summed E-state index contributed by atoms with van der Waals surface area (Å²) in [6, 6.07) is 68.4. The van der Waals surface area contributed by atoms with Gasteiger partial charge in [0.1, 0.15) is 11.5 Å². The van der Waals surface area contributed by atoms with Crippen molar-refractivity contribution in [3.05, 3.63) is 210 Å². The molecule has 8 aromatic carbocycles. The first-order valence-corrected chi connectivity index (χ1v) is 17.6. The van der Waals surface area contributed by atoms with Crippen LogP contribution in [-0.4, -0.2) is 4.57 Å². The fourth-order valence-corrected chi connectivity index (χ4v) is 8.93. The molecule has 0 fully saturated rings. The summed E-state index contributed by atoms with van der Waals surface area (Å²) in [6.07, 6.45) is 0. The third-order valence-electron chi connectivity index (χ3n) is 11.0. The lowest BCUT2D eigenvalue weighted by Gasteiger charge is -2.39. The predicted octanol–water partition coefficient (Wildman–Crippen LogP) is 12.6. The van der Waals surface area contributed by atoms with Crippen molar-refractivity contribution in [2.45, 2.75) is 5.41 Å². The highest BCUT2D eigenvalue weighted by Gasteiger charge is 2.51. The highest BCUT2D eigenvalue weighted by molar-refractivity contribution is 6.12. The molecule has 9 aromatic rings. The summed E-state index contributed by atoms with van der Waals surface area (Å²) in [4.78, 5) is 0. The Kier molecular flexibility index (Phi) is 5.91. The Bertz CT molecular complexity index is 2720. The van der Waals surface area contributed by atoms with E-state index in [2.05, 4.69) is 193 Å². The maximum atomic E-state index is 6.61. The normalized spacial score (nSPS) is 13.4. The number of nitrogens with zero attached hydrogens (tertiary/aromatic N) is 1. The topological polar surface area (TPSA) is 14.2 Å². The minimum Gasteiger partial charge on any atom is -0.457 e. The molecule has 1 aliphatic heterocycles. The zero-order chi connectivity index (χ0) is 33.5. The predicted molar refractivity (Wildman–Crippen MR) is 209 cm³/mol. The van der Waals surface area contributed by atoms with Crippen LogP contribution in [0.5, 0.6) is 11.5 Å². The highest BCUT2D eigenvalue weighted by Crippen LogP contribution is 2.62. The van der Waals surface area contributed by atoms with E-state index in [1.807, 2.05) is 0 Å². The smallest absolute Gasteiger partial charge is 0.132 e. The monoisotopic (exact) mass is 649 g/mol. The summed E-state index contributed by atoms with van der Waals surface area (Å²) in [5, 5.41) is 2.48. The lowest BCUT2D eigenvalue weighted by molar-refractivity contribution is 0.436. The van der Waals surface area contributed by atoms with Crippen LogP contribution in [0.25, 0.3) is 60.9 Å². The molecule has 0 unspecified atom stereocenters. The molecule has 0 N–H and O–H groups in total. The van der Waals surface area contributed by atoms with Gasteiger partial charge in [0.2, 0.25) is 0 Å². The van der Waals surface area contributed by atoms with Crippen LogP contribution in [0.1, 0.15) is 22.3 Å². The maximum Gasteiger partial charge on any atom is 0.132 e. The van der Waals surface area contributed by atoms with Crippen molar-refractivity contribution in [3.63, 3.8) is 0 Å². The number of rotatable bonds is 3. The Morgan fingerprint density at radius 2 is 0.902 bits per heavy atom. The Morgan fingerprint density at radius 3 is 1.57 bits per heavy atom. The van der Waals surface area contributed by atoms with E-state index in [-0.39, 0.29) is 0 Å². The van der Waals surface area contributed by atoms with Crippen molar-refractivity contribution < 1.29 is 4.74 Å². The Balaban J connectivity index is 1.26. The van der Waals surface area contributed by atoms with Crippen LogP contribution in [0, 0.1) is 0 Å². The summed E-state index contributed by atoms with van der Waals surface area (Å²) < 4.78 is 9.08. The van der Waals surface area contributed by atoms with Gasteiger partial charge in [0, 0.05) is 27.6 Å². The summed E-state index contributed by atoms with van der Waals surface area (Å²) in [5.41, 5.74) is 15.3. The number of benzene rings is 8. The molecule has 2 aliphatic rings. The molecule has 1 aromatic heterocycles. The van der Waals surface area contributed by atoms with Crippen molar-refractivity contribution >= 4 is 21.8 Å². The molecular formula is C49H31NO. The number of hydrogen-bond acceptors (Lipinski definition) is 1. The van der Waals surface area contributed by atoms with Crippen LogP contribution in [0.2, 0.25) is 0 Å². The lowest BCUT2D eigenvalue weighted by atomic mass is 9.66. The number of fused-ring (bicyclic) bond motifs is 12.